The fourth-order valence-electron chi connectivity index (χ4n) is 5.98. The van der Waals surface area contributed by atoms with Crippen molar-refractivity contribution in [2.24, 2.45) is 4.99 Å². The standard InChI is InChI=1S/C30H37F3N6O6S2/c1-21-19-24(27(40)37-14-16-39(17-15-37)47(44,45)36(2)3)8-7-22(21)9-18-46(42,43)38-12-10-29(11-13-38)28(41)34-26(35-29)23-5-4-6-25(20-23)30(31,32)33/h4-8,19-20H,9-18H2,1-3H3,(H,34,35,41). The number of halogens is 3. The first-order valence-corrected chi connectivity index (χ1v) is 18.1. The maximum absolute atomic E-state index is 13.3. The number of hydrogen-bond donors (Lipinski definition) is 1. The highest BCUT2D eigenvalue weighted by Gasteiger charge is 2.47. The number of carbonyl (C=O) groups excluding carboxylic acids is 2. The van der Waals surface area contributed by atoms with Crippen molar-refractivity contribution < 1.29 is 39.6 Å². The first-order chi connectivity index (χ1) is 21.9. The van der Waals surface area contributed by atoms with E-state index < -0.39 is 43.4 Å². The number of piperidine rings is 1. The number of hydrogen-bond acceptors (Lipinski definition) is 7. The Kier molecular flexibility index (Phi) is 9.60. The van der Waals surface area contributed by atoms with Crippen LogP contribution < -0.4 is 5.32 Å². The molecule has 0 radical (unpaired) electrons. The molecule has 0 aromatic heterocycles. The summed E-state index contributed by atoms with van der Waals surface area (Å²) >= 11 is 0. The highest BCUT2D eigenvalue weighted by atomic mass is 32.2. The van der Waals surface area contributed by atoms with Gasteiger partial charge in [0.05, 0.1) is 11.3 Å². The summed E-state index contributed by atoms with van der Waals surface area (Å²) in [6.07, 6.45) is -4.17. The summed E-state index contributed by atoms with van der Waals surface area (Å²) in [5, 5.41) is 2.58. The lowest BCUT2D eigenvalue weighted by Crippen LogP contribution is -2.53. The summed E-state index contributed by atoms with van der Waals surface area (Å²) in [6, 6.07) is 9.60. The molecule has 1 spiro atoms. The molecule has 1 N–H and O–H groups in total. The van der Waals surface area contributed by atoms with Gasteiger partial charge < -0.3 is 10.2 Å². The number of alkyl halides is 3. The van der Waals surface area contributed by atoms with E-state index in [-0.39, 0.29) is 81.6 Å². The van der Waals surface area contributed by atoms with Crippen LogP contribution in [-0.2, 0) is 37.6 Å². The van der Waals surface area contributed by atoms with Crippen LogP contribution in [0.4, 0.5) is 13.2 Å². The molecule has 2 amide bonds. The predicted octanol–water partition coefficient (Wildman–Crippen LogP) is 1.86. The molecule has 2 fully saturated rings. The van der Waals surface area contributed by atoms with Gasteiger partial charge in [0, 0.05) is 64.5 Å². The van der Waals surface area contributed by atoms with Crippen molar-refractivity contribution in [3.05, 3.63) is 70.3 Å². The van der Waals surface area contributed by atoms with E-state index in [0.29, 0.717) is 5.56 Å². The number of nitrogens with zero attached hydrogens (tertiary/aromatic N) is 5. The van der Waals surface area contributed by atoms with Gasteiger partial charge >= 0.3 is 6.18 Å². The van der Waals surface area contributed by atoms with Crippen molar-refractivity contribution in [1.82, 2.24) is 23.1 Å². The van der Waals surface area contributed by atoms with E-state index in [0.717, 1.165) is 27.6 Å². The number of nitrogens with one attached hydrogen (secondary N) is 1. The van der Waals surface area contributed by atoms with Crippen LogP contribution in [0.25, 0.3) is 0 Å². The zero-order chi connectivity index (χ0) is 34.4. The number of benzene rings is 2. The second kappa shape index (κ2) is 12.9. The average Bonchev–Trinajstić information content (AvgIpc) is 3.34. The lowest BCUT2D eigenvalue weighted by Gasteiger charge is -2.35. The largest absolute Gasteiger partial charge is 0.416 e. The molecule has 3 aliphatic heterocycles. The van der Waals surface area contributed by atoms with Gasteiger partial charge in [0.1, 0.15) is 11.4 Å². The highest BCUT2D eigenvalue weighted by Crippen LogP contribution is 2.34. The van der Waals surface area contributed by atoms with Crippen LogP contribution in [0, 0.1) is 6.92 Å². The molecule has 47 heavy (non-hydrogen) atoms. The average molecular weight is 699 g/mol. The fraction of sp³-hybridized carbons (Fsp3) is 0.500. The molecule has 3 aliphatic rings. The highest BCUT2D eigenvalue weighted by molar-refractivity contribution is 7.89. The van der Waals surface area contributed by atoms with Gasteiger partial charge in [0.25, 0.3) is 22.0 Å². The molecule has 0 atom stereocenters. The molecule has 2 aromatic rings. The van der Waals surface area contributed by atoms with E-state index in [1.165, 1.54) is 34.8 Å². The Morgan fingerprint density at radius 1 is 0.957 bits per heavy atom. The van der Waals surface area contributed by atoms with Crippen molar-refractivity contribution >= 4 is 37.9 Å². The molecule has 256 valence electrons. The third-order valence-electron chi connectivity index (χ3n) is 8.92. The van der Waals surface area contributed by atoms with E-state index in [2.05, 4.69) is 10.3 Å². The third kappa shape index (κ3) is 7.23. The minimum absolute atomic E-state index is 0.0324. The lowest BCUT2D eigenvalue weighted by molar-refractivity contribution is -0.137. The SMILES string of the molecule is Cc1cc(C(=O)N2CCN(S(=O)(=O)N(C)C)CC2)ccc1CCS(=O)(=O)N1CCC2(CC1)N=C(c1cccc(C(F)(F)F)c1)NC2=O. The summed E-state index contributed by atoms with van der Waals surface area (Å²) in [5.41, 5.74) is -0.0519. The van der Waals surface area contributed by atoms with Gasteiger partial charge in [-0.3, -0.25) is 14.6 Å². The number of piperazine rings is 1. The second-order valence-corrected chi connectivity index (χ2v) is 16.3. The van der Waals surface area contributed by atoms with Crippen LogP contribution in [0.2, 0.25) is 0 Å². The molecule has 3 heterocycles. The van der Waals surface area contributed by atoms with Crippen LogP contribution in [0.15, 0.2) is 47.5 Å². The number of sulfonamides is 1. The summed E-state index contributed by atoms with van der Waals surface area (Å²) < 4.78 is 94.6. The van der Waals surface area contributed by atoms with E-state index in [1.54, 1.807) is 30.0 Å². The second-order valence-electron chi connectivity index (χ2n) is 12.1. The van der Waals surface area contributed by atoms with Crippen LogP contribution in [0.5, 0.6) is 0 Å². The molecular formula is C30H37F3N6O6S2. The Morgan fingerprint density at radius 3 is 2.21 bits per heavy atom. The van der Waals surface area contributed by atoms with Crippen LogP contribution in [-0.4, -0.2) is 117 Å². The maximum Gasteiger partial charge on any atom is 0.416 e. The number of amides is 2. The molecule has 0 saturated carbocycles. The Bertz CT molecular complexity index is 1800. The van der Waals surface area contributed by atoms with Gasteiger partial charge in [0.2, 0.25) is 10.0 Å². The molecule has 0 aliphatic carbocycles. The van der Waals surface area contributed by atoms with Crippen LogP contribution >= 0.6 is 0 Å². The van der Waals surface area contributed by atoms with Crippen LogP contribution in [0.3, 0.4) is 0 Å². The minimum Gasteiger partial charge on any atom is -0.336 e. The number of rotatable bonds is 8. The van der Waals surface area contributed by atoms with E-state index >= 15 is 0 Å². The van der Waals surface area contributed by atoms with Gasteiger partial charge in [-0.05, 0) is 61.6 Å². The number of amidine groups is 1. The zero-order valence-electron chi connectivity index (χ0n) is 26.2. The number of aryl methyl sites for hydroxylation is 2. The Balaban J connectivity index is 1.17. The molecule has 17 heteroatoms. The van der Waals surface area contributed by atoms with E-state index in [4.69, 9.17) is 0 Å². The van der Waals surface area contributed by atoms with Gasteiger partial charge in [-0.25, -0.2) is 12.7 Å². The molecule has 0 bridgehead atoms. The van der Waals surface area contributed by atoms with Crippen LogP contribution in [0.1, 0.15) is 45.5 Å². The Morgan fingerprint density at radius 2 is 1.62 bits per heavy atom. The maximum atomic E-state index is 13.3. The molecule has 5 rings (SSSR count). The van der Waals surface area contributed by atoms with Gasteiger partial charge in [0.15, 0.2) is 0 Å². The summed E-state index contributed by atoms with van der Waals surface area (Å²) in [6.45, 7) is 2.74. The fourth-order valence-corrected chi connectivity index (χ4v) is 8.54. The smallest absolute Gasteiger partial charge is 0.336 e. The Hall–Kier alpha value is -3.38. The van der Waals surface area contributed by atoms with E-state index in [9.17, 15) is 39.6 Å². The minimum atomic E-state index is -4.55. The van der Waals surface area contributed by atoms with Crippen molar-refractivity contribution in [1.29, 1.82) is 0 Å². The number of carbonyl (C=O) groups is 2. The molecule has 12 nitrogen and oxygen atoms in total. The first kappa shape index (κ1) is 34.9. The topological polar surface area (TPSA) is 140 Å². The Labute approximate surface area is 272 Å². The summed E-state index contributed by atoms with van der Waals surface area (Å²) in [7, 11) is -4.36. The summed E-state index contributed by atoms with van der Waals surface area (Å²) in [4.78, 5) is 32.1. The summed E-state index contributed by atoms with van der Waals surface area (Å²) in [5.74, 6) is -0.852. The monoisotopic (exact) mass is 698 g/mol. The van der Waals surface area contributed by atoms with Crippen molar-refractivity contribution in [2.75, 3.05) is 59.1 Å². The predicted molar refractivity (Wildman–Crippen MR) is 168 cm³/mol. The molecular weight excluding hydrogens is 661 g/mol. The van der Waals surface area contributed by atoms with Crippen molar-refractivity contribution in [3.8, 4) is 0 Å². The van der Waals surface area contributed by atoms with E-state index in [1.807, 2.05) is 0 Å². The van der Waals surface area contributed by atoms with Crippen molar-refractivity contribution in [2.45, 2.75) is 37.9 Å². The van der Waals surface area contributed by atoms with Gasteiger partial charge in [-0.1, -0.05) is 18.2 Å². The first-order valence-electron chi connectivity index (χ1n) is 15.1. The normalized spacial score (nSPS) is 19.7. The van der Waals surface area contributed by atoms with Gasteiger partial charge in [-0.2, -0.15) is 30.2 Å². The number of aliphatic imine (C=N–C) groups is 1. The lowest BCUT2D eigenvalue weighted by atomic mass is 9.89. The molecule has 2 aromatic carbocycles. The van der Waals surface area contributed by atoms with Gasteiger partial charge in [-0.15, -0.1) is 0 Å². The zero-order valence-corrected chi connectivity index (χ0v) is 27.9. The third-order valence-corrected chi connectivity index (χ3v) is 12.7. The molecule has 0 unspecified atom stereocenters. The quantitative estimate of drug-likeness (QED) is 0.447. The molecule has 2 saturated heterocycles. The van der Waals surface area contributed by atoms with Crippen molar-refractivity contribution in [3.63, 3.8) is 0 Å².